The molecule has 0 saturated carbocycles. The number of para-hydroxylation sites is 1. The van der Waals surface area contributed by atoms with Crippen molar-refractivity contribution in [1.29, 1.82) is 0 Å². The number of hydrogen-bond donors (Lipinski definition) is 0. The minimum atomic E-state index is -0.608. The van der Waals surface area contributed by atoms with E-state index in [-0.39, 0.29) is 11.7 Å². The monoisotopic (exact) mass is 397 g/mol. The molecule has 150 valence electrons. The van der Waals surface area contributed by atoms with E-state index in [1.807, 2.05) is 47.4 Å². The van der Waals surface area contributed by atoms with Crippen LogP contribution in [0.1, 0.15) is 39.1 Å². The van der Waals surface area contributed by atoms with Crippen LogP contribution in [0.25, 0.3) is 11.1 Å². The highest BCUT2D eigenvalue weighted by molar-refractivity contribution is 6.00. The molecule has 3 aromatic carbocycles. The highest BCUT2D eigenvalue weighted by atomic mass is 16.5. The first-order valence-electron chi connectivity index (χ1n) is 10.3. The number of likely N-dealkylation sites (tertiary alicyclic amines) is 1. The number of nitrogens with zero attached hydrogens (tertiary/aromatic N) is 1. The number of amides is 1. The van der Waals surface area contributed by atoms with E-state index in [1.54, 1.807) is 6.07 Å². The number of rotatable bonds is 2. The molecule has 0 bridgehead atoms. The van der Waals surface area contributed by atoms with Crippen molar-refractivity contribution in [2.75, 3.05) is 13.1 Å². The Bertz CT molecular complexity index is 1120. The normalized spacial score (nSPS) is 20.2. The first kappa shape index (κ1) is 18.6. The quantitative estimate of drug-likeness (QED) is 0.617. The van der Waals surface area contributed by atoms with Crippen LogP contribution in [0.15, 0.2) is 72.8 Å². The third-order valence-corrected chi connectivity index (χ3v) is 6.12. The summed E-state index contributed by atoms with van der Waals surface area (Å²) in [4.78, 5) is 27.5. The predicted molar refractivity (Wildman–Crippen MR) is 116 cm³/mol. The number of ether oxygens (including phenoxy) is 1. The minimum absolute atomic E-state index is 0.0164. The van der Waals surface area contributed by atoms with Gasteiger partial charge in [-0.1, -0.05) is 54.1 Å². The van der Waals surface area contributed by atoms with E-state index in [0.29, 0.717) is 42.8 Å². The van der Waals surface area contributed by atoms with Crippen LogP contribution in [0.2, 0.25) is 0 Å². The fraction of sp³-hybridized carbons (Fsp3) is 0.231. The van der Waals surface area contributed by atoms with Gasteiger partial charge < -0.3 is 9.64 Å². The standard InChI is InChI=1S/C26H23NO3/c1-18-6-8-19(9-7-18)20-10-12-21(13-11-20)25(29)27-15-14-26(17-27)16-23(28)22-4-2-3-5-24(22)30-26/h2-13H,14-17H2,1H3. The Kier molecular flexibility index (Phi) is 4.43. The molecule has 0 N–H and O–H groups in total. The van der Waals surface area contributed by atoms with Crippen molar-refractivity contribution in [3.8, 4) is 16.9 Å². The Hall–Kier alpha value is -3.40. The van der Waals surface area contributed by atoms with Crippen LogP contribution in [0.4, 0.5) is 0 Å². The van der Waals surface area contributed by atoms with E-state index in [0.717, 1.165) is 11.1 Å². The Morgan fingerprint density at radius 2 is 1.60 bits per heavy atom. The van der Waals surface area contributed by atoms with Crippen LogP contribution in [0.5, 0.6) is 5.75 Å². The van der Waals surface area contributed by atoms with Gasteiger partial charge in [-0.25, -0.2) is 0 Å². The highest BCUT2D eigenvalue weighted by Gasteiger charge is 2.47. The van der Waals surface area contributed by atoms with E-state index in [4.69, 9.17) is 4.74 Å². The molecule has 1 atom stereocenters. The van der Waals surface area contributed by atoms with Gasteiger partial charge in [0, 0.05) is 18.5 Å². The summed E-state index contributed by atoms with van der Waals surface area (Å²) in [6.07, 6.45) is 0.987. The second kappa shape index (κ2) is 7.13. The Balaban J connectivity index is 1.32. The van der Waals surface area contributed by atoms with Crippen molar-refractivity contribution in [1.82, 2.24) is 4.90 Å². The summed E-state index contributed by atoms with van der Waals surface area (Å²) in [5, 5.41) is 0. The second-order valence-electron chi connectivity index (χ2n) is 8.30. The van der Waals surface area contributed by atoms with Gasteiger partial charge in [0.05, 0.1) is 18.5 Å². The van der Waals surface area contributed by atoms with Gasteiger partial charge in [-0.05, 0) is 42.3 Å². The maximum atomic E-state index is 13.1. The largest absolute Gasteiger partial charge is 0.484 e. The number of aryl methyl sites for hydroxylation is 1. The van der Waals surface area contributed by atoms with Crippen molar-refractivity contribution in [3.05, 3.63) is 89.5 Å². The Morgan fingerprint density at radius 1 is 0.933 bits per heavy atom. The zero-order chi connectivity index (χ0) is 20.7. The van der Waals surface area contributed by atoms with Gasteiger partial charge in [-0.15, -0.1) is 0 Å². The van der Waals surface area contributed by atoms with Gasteiger partial charge >= 0.3 is 0 Å². The molecule has 30 heavy (non-hydrogen) atoms. The van der Waals surface area contributed by atoms with Crippen LogP contribution >= 0.6 is 0 Å². The fourth-order valence-electron chi connectivity index (χ4n) is 4.42. The van der Waals surface area contributed by atoms with E-state index < -0.39 is 5.60 Å². The molecular weight excluding hydrogens is 374 g/mol. The van der Waals surface area contributed by atoms with E-state index >= 15 is 0 Å². The number of ketones is 1. The van der Waals surface area contributed by atoms with Crippen LogP contribution in [-0.4, -0.2) is 35.3 Å². The van der Waals surface area contributed by atoms with Crippen LogP contribution in [-0.2, 0) is 0 Å². The molecule has 2 aliphatic heterocycles. The Morgan fingerprint density at radius 3 is 2.33 bits per heavy atom. The molecule has 0 aromatic heterocycles. The van der Waals surface area contributed by atoms with Crippen LogP contribution in [0.3, 0.4) is 0 Å². The number of Topliss-reactive ketones (excluding diaryl/α,β-unsaturated/α-hetero) is 1. The summed E-state index contributed by atoms with van der Waals surface area (Å²) in [5.74, 6) is 0.705. The summed E-state index contributed by atoms with van der Waals surface area (Å²) in [5.41, 5.74) is 4.13. The molecule has 1 spiro atoms. The Labute approximate surface area is 176 Å². The molecular formula is C26H23NO3. The summed E-state index contributed by atoms with van der Waals surface area (Å²) in [6.45, 7) is 3.09. The number of benzene rings is 3. The predicted octanol–water partition coefficient (Wildman–Crippen LogP) is 4.91. The van der Waals surface area contributed by atoms with Gasteiger partial charge in [-0.3, -0.25) is 9.59 Å². The molecule has 1 fully saturated rings. The summed E-state index contributed by atoms with van der Waals surface area (Å²) in [7, 11) is 0. The molecule has 1 unspecified atom stereocenters. The molecule has 3 aromatic rings. The van der Waals surface area contributed by atoms with Gasteiger partial charge in [0.15, 0.2) is 5.78 Å². The second-order valence-corrected chi connectivity index (χ2v) is 8.30. The zero-order valence-electron chi connectivity index (χ0n) is 16.9. The first-order valence-corrected chi connectivity index (χ1v) is 10.3. The summed E-state index contributed by atoms with van der Waals surface area (Å²) >= 11 is 0. The lowest BCUT2D eigenvalue weighted by atomic mass is 9.89. The lowest BCUT2D eigenvalue weighted by Crippen LogP contribution is -2.45. The third kappa shape index (κ3) is 3.28. The van der Waals surface area contributed by atoms with Gasteiger partial charge in [-0.2, -0.15) is 0 Å². The molecule has 4 heteroatoms. The third-order valence-electron chi connectivity index (χ3n) is 6.12. The van der Waals surface area contributed by atoms with Crippen molar-refractivity contribution in [3.63, 3.8) is 0 Å². The molecule has 2 aliphatic rings. The maximum Gasteiger partial charge on any atom is 0.253 e. The minimum Gasteiger partial charge on any atom is -0.484 e. The average molecular weight is 397 g/mol. The molecule has 1 amide bonds. The smallest absolute Gasteiger partial charge is 0.253 e. The fourth-order valence-corrected chi connectivity index (χ4v) is 4.42. The molecule has 5 rings (SSSR count). The topological polar surface area (TPSA) is 46.6 Å². The van der Waals surface area contributed by atoms with E-state index in [9.17, 15) is 9.59 Å². The molecule has 4 nitrogen and oxygen atoms in total. The number of fused-ring (bicyclic) bond motifs is 1. The highest BCUT2D eigenvalue weighted by Crippen LogP contribution is 2.39. The number of carbonyl (C=O) groups is 2. The first-order chi connectivity index (χ1) is 14.5. The molecule has 2 heterocycles. The maximum absolute atomic E-state index is 13.1. The summed E-state index contributed by atoms with van der Waals surface area (Å²) in [6, 6.07) is 23.4. The molecule has 0 radical (unpaired) electrons. The van der Waals surface area contributed by atoms with Gasteiger partial charge in [0.1, 0.15) is 11.4 Å². The number of carbonyl (C=O) groups excluding carboxylic acids is 2. The van der Waals surface area contributed by atoms with Crippen molar-refractivity contribution in [2.24, 2.45) is 0 Å². The van der Waals surface area contributed by atoms with Gasteiger partial charge in [0.2, 0.25) is 0 Å². The summed E-state index contributed by atoms with van der Waals surface area (Å²) < 4.78 is 6.24. The SMILES string of the molecule is Cc1ccc(-c2ccc(C(=O)N3CCC4(CC(=O)c5ccccc5O4)C3)cc2)cc1. The number of hydrogen-bond acceptors (Lipinski definition) is 3. The zero-order valence-corrected chi connectivity index (χ0v) is 16.9. The molecule has 0 aliphatic carbocycles. The van der Waals surface area contributed by atoms with E-state index in [2.05, 4.69) is 31.2 Å². The lowest BCUT2D eigenvalue weighted by Gasteiger charge is -2.34. The van der Waals surface area contributed by atoms with E-state index in [1.165, 1.54) is 5.56 Å². The van der Waals surface area contributed by atoms with Crippen molar-refractivity contribution < 1.29 is 14.3 Å². The van der Waals surface area contributed by atoms with Crippen molar-refractivity contribution in [2.45, 2.75) is 25.4 Å². The van der Waals surface area contributed by atoms with Crippen molar-refractivity contribution >= 4 is 11.7 Å². The lowest BCUT2D eigenvalue weighted by molar-refractivity contribution is 0.0428. The van der Waals surface area contributed by atoms with Crippen LogP contribution < -0.4 is 4.74 Å². The molecule has 1 saturated heterocycles. The van der Waals surface area contributed by atoms with Gasteiger partial charge in [0.25, 0.3) is 5.91 Å². The average Bonchev–Trinajstić information content (AvgIpc) is 3.17. The van der Waals surface area contributed by atoms with Crippen LogP contribution in [0, 0.1) is 6.92 Å².